The molecular weight excluding hydrogens is 366 g/mol. The maximum absolute atomic E-state index is 12.6. The fourth-order valence-electron chi connectivity index (χ4n) is 3.02. The standard InChI is InChI=1S/C20H20ClN3O3/c1-23(2)20(27)13-6-5-7-15(10-13)22-19(26)14-11-18(25)24(12-14)17-9-4-3-8-16(17)21/h3-10,14H,11-12H2,1-2H3,(H,22,26). The number of nitrogens with zero attached hydrogens (tertiary/aromatic N) is 2. The average Bonchev–Trinajstić information content (AvgIpc) is 3.03. The molecular formula is C20H20ClN3O3. The number of hydrogen-bond donors (Lipinski definition) is 1. The molecule has 0 radical (unpaired) electrons. The second-order valence-corrected chi connectivity index (χ2v) is 7.03. The zero-order chi connectivity index (χ0) is 19.6. The summed E-state index contributed by atoms with van der Waals surface area (Å²) in [5, 5.41) is 3.28. The zero-order valence-electron chi connectivity index (χ0n) is 15.1. The lowest BCUT2D eigenvalue weighted by atomic mass is 10.1. The van der Waals surface area contributed by atoms with Gasteiger partial charge in [-0.2, -0.15) is 0 Å². The molecule has 1 unspecified atom stereocenters. The molecule has 1 aliphatic rings. The maximum Gasteiger partial charge on any atom is 0.253 e. The summed E-state index contributed by atoms with van der Waals surface area (Å²) in [6.45, 7) is 0.269. The minimum absolute atomic E-state index is 0.118. The first-order valence-corrected chi connectivity index (χ1v) is 8.92. The minimum Gasteiger partial charge on any atom is -0.345 e. The van der Waals surface area contributed by atoms with Crippen molar-refractivity contribution in [3.8, 4) is 0 Å². The molecule has 0 spiro atoms. The van der Waals surface area contributed by atoms with Crippen molar-refractivity contribution in [1.29, 1.82) is 0 Å². The highest BCUT2D eigenvalue weighted by Gasteiger charge is 2.35. The first-order valence-electron chi connectivity index (χ1n) is 8.54. The normalized spacial score (nSPS) is 16.3. The summed E-state index contributed by atoms with van der Waals surface area (Å²) in [5.74, 6) is -1.03. The van der Waals surface area contributed by atoms with Crippen LogP contribution in [-0.2, 0) is 9.59 Å². The number of halogens is 1. The Kier molecular flexibility index (Phi) is 5.46. The van der Waals surface area contributed by atoms with Gasteiger partial charge in [0, 0.05) is 38.3 Å². The Morgan fingerprint density at radius 3 is 2.59 bits per heavy atom. The number of anilines is 2. The van der Waals surface area contributed by atoms with Gasteiger partial charge in [0.05, 0.1) is 16.6 Å². The SMILES string of the molecule is CN(C)C(=O)c1cccc(NC(=O)C2CC(=O)N(c3ccccc3Cl)C2)c1. The Balaban J connectivity index is 1.71. The van der Waals surface area contributed by atoms with E-state index in [2.05, 4.69) is 5.32 Å². The Labute approximate surface area is 162 Å². The maximum atomic E-state index is 12.6. The van der Waals surface area contributed by atoms with Crippen LogP contribution in [0.4, 0.5) is 11.4 Å². The van der Waals surface area contributed by atoms with Gasteiger partial charge in [-0.3, -0.25) is 14.4 Å². The number of hydrogen-bond acceptors (Lipinski definition) is 3. The van der Waals surface area contributed by atoms with E-state index in [1.165, 1.54) is 4.90 Å². The molecule has 1 N–H and O–H groups in total. The average molecular weight is 386 g/mol. The lowest BCUT2D eigenvalue weighted by Gasteiger charge is -2.18. The molecule has 2 aromatic rings. The smallest absolute Gasteiger partial charge is 0.253 e. The van der Waals surface area contributed by atoms with E-state index in [1.807, 2.05) is 0 Å². The largest absolute Gasteiger partial charge is 0.345 e. The van der Waals surface area contributed by atoms with Gasteiger partial charge >= 0.3 is 0 Å². The van der Waals surface area contributed by atoms with Crippen molar-refractivity contribution in [2.45, 2.75) is 6.42 Å². The van der Waals surface area contributed by atoms with E-state index in [0.717, 1.165) is 0 Å². The molecule has 6 nitrogen and oxygen atoms in total. The number of carbonyl (C=O) groups is 3. The van der Waals surface area contributed by atoms with Crippen LogP contribution < -0.4 is 10.2 Å². The second kappa shape index (κ2) is 7.80. The number of benzene rings is 2. The molecule has 27 heavy (non-hydrogen) atoms. The van der Waals surface area contributed by atoms with Crippen LogP contribution in [0.1, 0.15) is 16.8 Å². The van der Waals surface area contributed by atoms with E-state index in [-0.39, 0.29) is 30.7 Å². The first kappa shape index (κ1) is 18.9. The molecule has 0 aromatic heterocycles. The van der Waals surface area contributed by atoms with Crippen LogP contribution in [-0.4, -0.2) is 43.3 Å². The van der Waals surface area contributed by atoms with Crippen molar-refractivity contribution in [2.75, 3.05) is 30.9 Å². The van der Waals surface area contributed by atoms with E-state index in [9.17, 15) is 14.4 Å². The number of rotatable bonds is 4. The summed E-state index contributed by atoms with van der Waals surface area (Å²) in [6, 6.07) is 13.8. The van der Waals surface area contributed by atoms with Gasteiger partial charge in [0.1, 0.15) is 0 Å². The van der Waals surface area contributed by atoms with Gasteiger partial charge < -0.3 is 15.1 Å². The lowest BCUT2D eigenvalue weighted by Crippen LogP contribution is -2.28. The van der Waals surface area contributed by atoms with Gasteiger partial charge in [-0.25, -0.2) is 0 Å². The van der Waals surface area contributed by atoms with Crippen LogP contribution in [0.25, 0.3) is 0 Å². The zero-order valence-corrected chi connectivity index (χ0v) is 15.9. The van der Waals surface area contributed by atoms with Gasteiger partial charge in [-0.1, -0.05) is 29.8 Å². The highest BCUT2D eigenvalue weighted by molar-refractivity contribution is 6.33. The van der Waals surface area contributed by atoms with Gasteiger partial charge in [0.2, 0.25) is 11.8 Å². The van der Waals surface area contributed by atoms with Crippen molar-refractivity contribution >= 4 is 40.7 Å². The Morgan fingerprint density at radius 2 is 1.89 bits per heavy atom. The molecule has 3 rings (SSSR count). The van der Waals surface area contributed by atoms with Crippen LogP contribution in [0.5, 0.6) is 0 Å². The van der Waals surface area contributed by atoms with E-state index < -0.39 is 5.92 Å². The Bertz CT molecular complexity index is 898. The molecule has 0 bridgehead atoms. The third kappa shape index (κ3) is 4.11. The van der Waals surface area contributed by atoms with Crippen molar-refractivity contribution in [3.63, 3.8) is 0 Å². The molecule has 0 aliphatic carbocycles. The molecule has 1 fully saturated rings. The summed E-state index contributed by atoms with van der Waals surface area (Å²) in [5.41, 5.74) is 1.62. The predicted octanol–water partition coefficient (Wildman–Crippen LogP) is 3.03. The summed E-state index contributed by atoms with van der Waals surface area (Å²) in [7, 11) is 3.34. The van der Waals surface area contributed by atoms with E-state index in [4.69, 9.17) is 11.6 Å². The predicted molar refractivity (Wildman–Crippen MR) is 105 cm³/mol. The second-order valence-electron chi connectivity index (χ2n) is 6.63. The fourth-order valence-corrected chi connectivity index (χ4v) is 3.26. The van der Waals surface area contributed by atoms with E-state index in [0.29, 0.717) is 22.0 Å². The van der Waals surface area contributed by atoms with Gasteiger partial charge in [-0.05, 0) is 30.3 Å². The number of amides is 3. The molecule has 3 amide bonds. The van der Waals surface area contributed by atoms with Crippen molar-refractivity contribution in [3.05, 3.63) is 59.1 Å². The van der Waals surface area contributed by atoms with E-state index >= 15 is 0 Å². The third-order valence-corrected chi connectivity index (χ3v) is 4.74. The monoisotopic (exact) mass is 385 g/mol. The van der Waals surface area contributed by atoms with Crippen molar-refractivity contribution in [1.82, 2.24) is 4.90 Å². The van der Waals surface area contributed by atoms with E-state index in [1.54, 1.807) is 67.5 Å². The summed E-state index contributed by atoms with van der Waals surface area (Å²) in [6.07, 6.45) is 0.118. The third-order valence-electron chi connectivity index (χ3n) is 4.42. The molecule has 1 aliphatic heterocycles. The Hall–Kier alpha value is -2.86. The highest BCUT2D eigenvalue weighted by Crippen LogP contribution is 2.31. The minimum atomic E-state index is -0.484. The van der Waals surface area contributed by atoms with Gasteiger partial charge in [0.25, 0.3) is 5.91 Å². The van der Waals surface area contributed by atoms with Gasteiger partial charge in [0.15, 0.2) is 0 Å². The number of para-hydroxylation sites is 1. The summed E-state index contributed by atoms with van der Waals surface area (Å²) >= 11 is 6.17. The Morgan fingerprint density at radius 1 is 1.15 bits per heavy atom. The molecule has 0 saturated carbocycles. The van der Waals surface area contributed by atoms with Crippen molar-refractivity contribution in [2.24, 2.45) is 5.92 Å². The topological polar surface area (TPSA) is 69.7 Å². The fraction of sp³-hybridized carbons (Fsp3) is 0.250. The molecule has 1 saturated heterocycles. The highest BCUT2D eigenvalue weighted by atomic mass is 35.5. The molecule has 1 atom stereocenters. The van der Waals surface area contributed by atoms with Gasteiger partial charge in [-0.15, -0.1) is 0 Å². The quantitative estimate of drug-likeness (QED) is 0.879. The van der Waals surface area contributed by atoms with Crippen LogP contribution in [0.2, 0.25) is 5.02 Å². The van der Waals surface area contributed by atoms with Crippen LogP contribution in [0.3, 0.4) is 0 Å². The lowest BCUT2D eigenvalue weighted by molar-refractivity contribution is -0.122. The molecule has 140 valence electrons. The number of carbonyl (C=O) groups excluding carboxylic acids is 3. The first-order chi connectivity index (χ1) is 12.9. The molecule has 2 aromatic carbocycles. The summed E-state index contributed by atoms with van der Waals surface area (Å²) in [4.78, 5) is 40.0. The van der Waals surface area contributed by atoms with Crippen LogP contribution >= 0.6 is 11.6 Å². The molecule has 1 heterocycles. The van der Waals surface area contributed by atoms with Crippen molar-refractivity contribution < 1.29 is 14.4 Å². The van der Waals surface area contributed by atoms with Crippen LogP contribution in [0, 0.1) is 5.92 Å². The van der Waals surface area contributed by atoms with Crippen LogP contribution in [0.15, 0.2) is 48.5 Å². The summed E-state index contributed by atoms with van der Waals surface area (Å²) < 4.78 is 0. The molecule has 7 heteroatoms. The number of nitrogens with one attached hydrogen (secondary N) is 1.